The lowest BCUT2D eigenvalue weighted by molar-refractivity contribution is -0.119. The highest BCUT2D eigenvalue weighted by molar-refractivity contribution is 5.94. The van der Waals surface area contributed by atoms with Crippen molar-refractivity contribution in [2.45, 2.75) is 13.1 Å². The zero-order valence-electron chi connectivity index (χ0n) is 17.0. The van der Waals surface area contributed by atoms with Gasteiger partial charge in [-0.15, -0.1) is 5.10 Å². The van der Waals surface area contributed by atoms with Crippen molar-refractivity contribution in [1.82, 2.24) is 25.0 Å². The van der Waals surface area contributed by atoms with Gasteiger partial charge in [0.15, 0.2) is 0 Å². The number of benzene rings is 3. The molecule has 3 aromatic carbocycles. The van der Waals surface area contributed by atoms with Gasteiger partial charge in [0.05, 0.1) is 24.1 Å². The van der Waals surface area contributed by atoms with Gasteiger partial charge in [0.1, 0.15) is 17.9 Å². The second-order valence-corrected chi connectivity index (χ2v) is 7.35. The van der Waals surface area contributed by atoms with Gasteiger partial charge in [-0.25, -0.2) is 14.1 Å². The number of aromatic amines is 1. The topological polar surface area (TPSA) is 79.7 Å². The quantitative estimate of drug-likeness (QED) is 0.441. The fraction of sp³-hybridized carbons (Fsp3) is 0.0833. The van der Waals surface area contributed by atoms with Crippen molar-refractivity contribution >= 4 is 22.6 Å². The standard InChI is InChI=1S/C24H19FN6O/c25-19-5-3-4-17(12-19)14-30(20-10-8-18(9-11-20)22-13-26-16-27-22)24(32)15-31-23-7-2-1-6-21(23)28-29-31/h1-13,16H,14-15H2,(H,26,27). The number of halogens is 1. The van der Waals surface area contributed by atoms with Gasteiger partial charge >= 0.3 is 0 Å². The SMILES string of the molecule is O=C(Cn1nnc2ccccc21)N(Cc1cccc(F)c1)c1ccc(-c2c[nH]cn2)cc1. The summed E-state index contributed by atoms with van der Waals surface area (Å²) in [5.74, 6) is -0.525. The average molecular weight is 426 g/mol. The molecule has 2 aromatic heterocycles. The number of anilines is 1. The van der Waals surface area contributed by atoms with Gasteiger partial charge in [0.2, 0.25) is 5.91 Å². The molecule has 0 aliphatic heterocycles. The van der Waals surface area contributed by atoms with E-state index in [4.69, 9.17) is 0 Å². The molecule has 0 radical (unpaired) electrons. The van der Waals surface area contributed by atoms with E-state index in [0.29, 0.717) is 11.3 Å². The van der Waals surface area contributed by atoms with Crippen molar-refractivity contribution in [2.75, 3.05) is 4.90 Å². The van der Waals surface area contributed by atoms with Crippen LogP contribution in [-0.4, -0.2) is 30.9 Å². The van der Waals surface area contributed by atoms with Gasteiger partial charge in [-0.3, -0.25) is 4.79 Å². The molecule has 5 aromatic rings. The molecule has 0 saturated carbocycles. The number of nitrogens with zero attached hydrogens (tertiary/aromatic N) is 5. The van der Waals surface area contributed by atoms with Gasteiger partial charge in [-0.05, 0) is 42.0 Å². The maximum atomic E-state index is 13.8. The van der Waals surface area contributed by atoms with E-state index in [2.05, 4.69) is 20.3 Å². The maximum absolute atomic E-state index is 13.8. The number of hydrogen-bond donors (Lipinski definition) is 1. The van der Waals surface area contributed by atoms with Gasteiger partial charge < -0.3 is 9.88 Å². The fourth-order valence-electron chi connectivity index (χ4n) is 3.62. The molecular weight excluding hydrogens is 407 g/mol. The number of H-pyrrole nitrogens is 1. The van der Waals surface area contributed by atoms with Crippen molar-refractivity contribution in [2.24, 2.45) is 0 Å². The van der Waals surface area contributed by atoms with Crippen molar-refractivity contribution in [1.29, 1.82) is 0 Å². The Hall–Kier alpha value is -4.33. The predicted molar refractivity (Wildman–Crippen MR) is 119 cm³/mol. The smallest absolute Gasteiger partial charge is 0.249 e. The van der Waals surface area contributed by atoms with Crippen molar-refractivity contribution in [3.8, 4) is 11.3 Å². The first kappa shape index (κ1) is 19.6. The molecule has 0 spiro atoms. The summed E-state index contributed by atoms with van der Waals surface area (Å²) in [7, 11) is 0. The van der Waals surface area contributed by atoms with Gasteiger partial charge in [-0.2, -0.15) is 0 Å². The number of hydrogen-bond acceptors (Lipinski definition) is 4. The molecule has 5 rings (SSSR count). The summed E-state index contributed by atoms with van der Waals surface area (Å²) in [6.07, 6.45) is 3.42. The summed E-state index contributed by atoms with van der Waals surface area (Å²) >= 11 is 0. The number of para-hydroxylation sites is 1. The second kappa shape index (κ2) is 8.43. The lowest BCUT2D eigenvalue weighted by Gasteiger charge is -2.23. The number of amides is 1. The molecule has 8 heteroatoms. The van der Waals surface area contributed by atoms with Gasteiger partial charge in [-0.1, -0.05) is 41.6 Å². The van der Waals surface area contributed by atoms with Crippen LogP contribution in [0.15, 0.2) is 85.3 Å². The lowest BCUT2D eigenvalue weighted by atomic mass is 10.1. The lowest BCUT2D eigenvalue weighted by Crippen LogP contribution is -2.33. The summed E-state index contributed by atoms with van der Waals surface area (Å²) in [5.41, 5.74) is 4.63. The van der Waals surface area contributed by atoms with E-state index in [-0.39, 0.29) is 24.8 Å². The third-order valence-electron chi connectivity index (χ3n) is 5.21. The van der Waals surface area contributed by atoms with Crippen LogP contribution in [0.4, 0.5) is 10.1 Å². The largest absolute Gasteiger partial charge is 0.351 e. The van der Waals surface area contributed by atoms with Crippen LogP contribution in [0.25, 0.3) is 22.3 Å². The third kappa shape index (κ3) is 3.98. The number of imidazole rings is 1. The van der Waals surface area contributed by atoms with E-state index in [1.807, 2.05) is 48.5 Å². The Morgan fingerprint density at radius 2 is 1.88 bits per heavy atom. The zero-order valence-corrected chi connectivity index (χ0v) is 17.0. The summed E-state index contributed by atoms with van der Waals surface area (Å²) in [6.45, 7) is 0.238. The van der Waals surface area contributed by atoms with Crippen molar-refractivity contribution in [3.63, 3.8) is 0 Å². The number of nitrogens with one attached hydrogen (secondary N) is 1. The number of carbonyl (C=O) groups excluding carboxylic acids is 1. The van der Waals surface area contributed by atoms with Crippen LogP contribution in [0.3, 0.4) is 0 Å². The molecule has 2 heterocycles. The van der Waals surface area contributed by atoms with Crippen LogP contribution in [0, 0.1) is 5.82 Å². The summed E-state index contributed by atoms with van der Waals surface area (Å²) in [5, 5.41) is 8.25. The summed E-state index contributed by atoms with van der Waals surface area (Å²) in [6, 6.07) is 21.3. The highest BCUT2D eigenvalue weighted by Crippen LogP contribution is 2.24. The second-order valence-electron chi connectivity index (χ2n) is 7.35. The summed E-state index contributed by atoms with van der Waals surface area (Å²) in [4.78, 5) is 22.2. The average Bonchev–Trinajstić information content (AvgIpc) is 3.49. The predicted octanol–water partition coefficient (Wildman–Crippen LogP) is 4.19. The monoisotopic (exact) mass is 426 g/mol. The Morgan fingerprint density at radius 3 is 2.66 bits per heavy atom. The molecule has 0 fully saturated rings. The van der Waals surface area contributed by atoms with Crippen LogP contribution < -0.4 is 4.90 Å². The molecule has 0 bridgehead atoms. The molecule has 0 atom stereocenters. The van der Waals surface area contributed by atoms with Gasteiger partial charge in [0.25, 0.3) is 0 Å². The molecule has 0 unspecified atom stereocenters. The van der Waals surface area contributed by atoms with E-state index in [1.54, 1.807) is 34.2 Å². The molecule has 0 saturated heterocycles. The van der Waals surface area contributed by atoms with Crippen LogP contribution in [0.2, 0.25) is 0 Å². The molecule has 0 aliphatic rings. The minimum absolute atomic E-state index is 0.0109. The van der Waals surface area contributed by atoms with E-state index >= 15 is 0 Å². The van der Waals surface area contributed by atoms with Gasteiger partial charge in [0, 0.05) is 17.4 Å². The molecule has 7 nitrogen and oxygen atoms in total. The van der Waals surface area contributed by atoms with Crippen LogP contribution >= 0.6 is 0 Å². The Balaban J connectivity index is 1.46. The molecular formula is C24H19FN6O. The molecule has 1 amide bonds. The van der Waals surface area contributed by atoms with E-state index < -0.39 is 0 Å². The Bertz CT molecular complexity index is 1360. The number of rotatable bonds is 6. The Labute approximate surface area is 183 Å². The minimum Gasteiger partial charge on any atom is -0.351 e. The van der Waals surface area contributed by atoms with Crippen molar-refractivity contribution < 1.29 is 9.18 Å². The highest BCUT2D eigenvalue weighted by Gasteiger charge is 2.19. The maximum Gasteiger partial charge on any atom is 0.249 e. The van der Waals surface area contributed by atoms with Crippen LogP contribution in [-0.2, 0) is 17.9 Å². The third-order valence-corrected chi connectivity index (χ3v) is 5.21. The zero-order chi connectivity index (χ0) is 21.9. The van der Waals surface area contributed by atoms with E-state index in [1.165, 1.54) is 12.1 Å². The summed E-state index contributed by atoms with van der Waals surface area (Å²) < 4.78 is 15.4. The Kier molecular flexibility index (Phi) is 5.17. The first-order valence-electron chi connectivity index (χ1n) is 10.1. The first-order valence-corrected chi connectivity index (χ1v) is 10.1. The first-order chi connectivity index (χ1) is 15.7. The van der Waals surface area contributed by atoms with E-state index in [9.17, 15) is 9.18 Å². The van der Waals surface area contributed by atoms with Crippen LogP contribution in [0.5, 0.6) is 0 Å². The van der Waals surface area contributed by atoms with E-state index in [0.717, 1.165) is 22.3 Å². The molecule has 0 aliphatic carbocycles. The molecule has 158 valence electrons. The number of fused-ring (bicyclic) bond motifs is 1. The normalized spacial score (nSPS) is 11.0. The highest BCUT2D eigenvalue weighted by atomic mass is 19.1. The minimum atomic E-state index is -0.342. The fourth-order valence-corrected chi connectivity index (χ4v) is 3.62. The van der Waals surface area contributed by atoms with Crippen molar-refractivity contribution in [3.05, 3.63) is 96.7 Å². The molecule has 32 heavy (non-hydrogen) atoms. The number of carbonyl (C=O) groups is 1. The number of aromatic nitrogens is 5. The Morgan fingerprint density at radius 1 is 1.03 bits per heavy atom. The van der Waals surface area contributed by atoms with Crippen LogP contribution in [0.1, 0.15) is 5.56 Å². The molecule has 1 N–H and O–H groups in total.